The van der Waals surface area contributed by atoms with Gasteiger partial charge in [0.05, 0.1) is 21.4 Å². The highest BCUT2D eigenvalue weighted by atomic mass is 32.1. The van der Waals surface area contributed by atoms with E-state index in [0.29, 0.717) is 17.5 Å². The van der Waals surface area contributed by atoms with Gasteiger partial charge in [-0.3, -0.25) is 4.98 Å². The number of pyridine rings is 1. The third kappa shape index (κ3) is 6.86. The third-order valence-electron chi connectivity index (χ3n) is 12.9. The van der Waals surface area contributed by atoms with E-state index in [4.69, 9.17) is 19.9 Å². The van der Waals surface area contributed by atoms with Crippen LogP contribution >= 0.6 is 11.3 Å². The number of fused-ring (bicyclic) bond motifs is 7. The lowest BCUT2D eigenvalue weighted by Crippen LogP contribution is -2.02. The van der Waals surface area contributed by atoms with Crippen LogP contribution in [0.1, 0.15) is 0 Å². The van der Waals surface area contributed by atoms with Crippen molar-refractivity contribution in [2.24, 2.45) is 0 Å². The summed E-state index contributed by atoms with van der Waals surface area (Å²) in [5.74, 6) is 1.75. The molecule has 0 unspecified atom stereocenters. The molecule has 0 spiro atoms. The summed E-state index contributed by atoms with van der Waals surface area (Å²) in [6.45, 7) is 0. The molecule has 0 aliphatic rings. The second kappa shape index (κ2) is 16.5. The first-order valence-corrected chi connectivity index (χ1v) is 23.6. The van der Waals surface area contributed by atoms with Gasteiger partial charge in [-0.25, -0.2) is 15.0 Å². The van der Waals surface area contributed by atoms with Crippen molar-refractivity contribution < 1.29 is 0 Å². The van der Waals surface area contributed by atoms with E-state index in [2.05, 4.69) is 174 Å². The van der Waals surface area contributed by atoms with E-state index >= 15 is 0 Å². The molecule has 0 aliphatic heterocycles. The Bertz CT molecular complexity index is 3940. The van der Waals surface area contributed by atoms with Gasteiger partial charge in [0.1, 0.15) is 0 Å². The monoisotopic (exact) mass is 885 g/mol. The van der Waals surface area contributed by atoms with E-state index in [1.54, 1.807) is 0 Å². The summed E-state index contributed by atoms with van der Waals surface area (Å²) in [5.41, 5.74) is 14.6. The second-order valence-electron chi connectivity index (χ2n) is 17.0. The highest BCUT2D eigenvalue weighted by molar-refractivity contribution is 7.26. The lowest BCUT2D eigenvalue weighted by molar-refractivity contribution is 1.07. The number of aromatic nitrogens is 5. The van der Waals surface area contributed by atoms with Crippen LogP contribution < -0.4 is 0 Å². The molecule has 0 atom stereocenters. The first-order valence-electron chi connectivity index (χ1n) is 22.8. The molecule has 0 aliphatic carbocycles. The molecule has 9 aromatic carbocycles. The van der Waals surface area contributed by atoms with Crippen LogP contribution in [0.15, 0.2) is 237 Å². The summed E-state index contributed by atoms with van der Waals surface area (Å²) in [7, 11) is 0. The first-order chi connectivity index (χ1) is 33.7. The van der Waals surface area contributed by atoms with Crippen molar-refractivity contribution in [3.63, 3.8) is 0 Å². The van der Waals surface area contributed by atoms with E-state index in [1.807, 2.05) is 78.2 Å². The maximum Gasteiger partial charge on any atom is 0.166 e. The van der Waals surface area contributed by atoms with Crippen molar-refractivity contribution in [3.8, 4) is 84.5 Å². The van der Waals surface area contributed by atoms with Gasteiger partial charge in [0.2, 0.25) is 0 Å². The quantitative estimate of drug-likeness (QED) is 0.153. The largest absolute Gasteiger partial charge is 0.308 e. The zero-order valence-electron chi connectivity index (χ0n) is 36.7. The summed E-state index contributed by atoms with van der Waals surface area (Å²) in [6.07, 6.45) is 2.00. The average Bonchev–Trinajstić information content (AvgIpc) is 3.97. The molecular formula is C62H39N5S. The zero-order valence-corrected chi connectivity index (χ0v) is 37.5. The van der Waals surface area contributed by atoms with Crippen molar-refractivity contribution in [3.05, 3.63) is 237 Å². The number of nitrogens with zero attached hydrogens (tertiary/aromatic N) is 5. The summed E-state index contributed by atoms with van der Waals surface area (Å²) in [6, 6.07) is 81.2. The predicted molar refractivity (Wildman–Crippen MR) is 283 cm³/mol. The molecule has 0 N–H and O–H groups in total. The van der Waals surface area contributed by atoms with E-state index in [1.165, 1.54) is 47.5 Å². The molecule has 68 heavy (non-hydrogen) atoms. The summed E-state index contributed by atoms with van der Waals surface area (Å²) >= 11 is 1.84. The molecule has 0 bridgehead atoms. The molecule has 0 saturated carbocycles. The summed E-state index contributed by atoms with van der Waals surface area (Å²) < 4.78 is 4.89. The Kier molecular flexibility index (Phi) is 9.62. The molecule has 0 radical (unpaired) electrons. The minimum absolute atomic E-state index is 0.551. The molecule has 4 heterocycles. The standard InChI is InChI=1S/C62H39N5S/c1-6-18-40(19-7-1)48-32-30-44(36-52(48)41-20-8-2-9-21-41)46-38-54(62-65-60(42-22-10-3-11-23-42)64-61(66-62)43-24-12-4-13-25-43)57(63-39-46)45-31-35-56-53(37-45)51-34-33-50-49-28-16-17-29-55(49)67(58(50)59(51)68-56)47-26-14-5-15-27-47/h1-39H. The molecule has 4 aromatic heterocycles. The molecule has 6 heteroatoms. The van der Waals surface area contributed by atoms with Gasteiger partial charge in [0, 0.05) is 65.9 Å². The Morgan fingerprint density at radius 3 is 1.56 bits per heavy atom. The number of hydrogen-bond acceptors (Lipinski definition) is 5. The van der Waals surface area contributed by atoms with Crippen LogP contribution in [-0.2, 0) is 0 Å². The molecule has 0 saturated heterocycles. The number of thiophene rings is 1. The molecule has 318 valence electrons. The van der Waals surface area contributed by atoms with Crippen molar-refractivity contribution in [1.29, 1.82) is 0 Å². The molecule has 13 aromatic rings. The van der Waals surface area contributed by atoms with E-state index in [0.717, 1.165) is 61.5 Å². The number of rotatable bonds is 8. The molecule has 0 fully saturated rings. The third-order valence-corrected chi connectivity index (χ3v) is 14.1. The van der Waals surface area contributed by atoms with Gasteiger partial charge in [-0.05, 0) is 70.3 Å². The Hall–Kier alpha value is -8.84. The van der Waals surface area contributed by atoms with Gasteiger partial charge in [-0.15, -0.1) is 11.3 Å². The van der Waals surface area contributed by atoms with Crippen LogP contribution in [0.5, 0.6) is 0 Å². The fraction of sp³-hybridized carbons (Fsp3) is 0. The van der Waals surface area contributed by atoms with Crippen molar-refractivity contribution >= 4 is 53.3 Å². The fourth-order valence-electron chi connectivity index (χ4n) is 9.68. The SMILES string of the molecule is c1ccc(-c2nc(-c3ccccc3)nc(-c3cc(-c4ccc(-c5ccccc5)c(-c5ccccc5)c4)cnc3-c3ccc4sc5c(ccc6c7ccccc7n(-c7ccccc7)c65)c4c3)n2)cc1. The molecular weight excluding hydrogens is 847 g/mol. The maximum absolute atomic E-state index is 5.39. The molecule has 5 nitrogen and oxygen atoms in total. The van der Waals surface area contributed by atoms with Crippen LogP contribution in [0, 0.1) is 0 Å². The van der Waals surface area contributed by atoms with E-state index in [9.17, 15) is 0 Å². The maximum atomic E-state index is 5.39. The van der Waals surface area contributed by atoms with Gasteiger partial charge in [-0.1, -0.05) is 188 Å². The summed E-state index contributed by atoms with van der Waals surface area (Å²) in [4.78, 5) is 21.0. The van der Waals surface area contributed by atoms with Crippen LogP contribution in [0.4, 0.5) is 0 Å². The number of hydrogen-bond donors (Lipinski definition) is 0. The van der Waals surface area contributed by atoms with E-state index in [-0.39, 0.29) is 0 Å². The van der Waals surface area contributed by atoms with Gasteiger partial charge in [-0.2, -0.15) is 0 Å². The summed E-state index contributed by atoms with van der Waals surface area (Å²) in [5, 5.41) is 4.88. The smallest absolute Gasteiger partial charge is 0.166 e. The fourth-order valence-corrected chi connectivity index (χ4v) is 10.9. The van der Waals surface area contributed by atoms with Gasteiger partial charge in [0.25, 0.3) is 0 Å². The van der Waals surface area contributed by atoms with Crippen LogP contribution in [0.3, 0.4) is 0 Å². The van der Waals surface area contributed by atoms with Gasteiger partial charge >= 0.3 is 0 Å². The second-order valence-corrected chi connectivity index (χ2v) is 18.0. The lowest BCUT2D eigenvalue weighted by atomic mass is 9.91. The Morgan fingerprint density at radius 2 is 0.882 bits per heavy atom. The zero-order chi connectivity index (χ0) is 45.0. The lowest BCUT2D eigenvalue weighted by Gasteiger charge is -2.15. The first kappa shape index (κ1) is 39.5. The minimum Gasteiger partial charge on any atom is -0.308 e. The Morgan fingerprint density at radius 1 is 0.338 bits per heavy atom. The van der Waals surface area contributed by atoms with Crippen LogP contribution in [0.25, 0.3) is 126 Å². The van der Waals surface area contributed by atoms with Crippen molar-refractivity contribution in [2.45, 2.75) is 0 Å². The Labute approximate surface area is 397 Å². The molecule has 0 amide bonds. The Balaban J connectivity index is 1.04. The molecule has 13 rings (SSSR count). The van der Waals surface area contributed by atoms with Crippen molar-refractivity contribution in [1.82, 2.24) is 24.5 Å². The predicted octanol–water partition coefficient (Wildman–Crippen LogP) is 16.4. The van der Waals surface area contributed by atoms with Gasteiger partial charge < -0.3 is 4.57 Å². The topological polar surface area (TPSA) is 56.5 Å². The van der Waals surface area contributed by atoms with Crippen LogP contribution in [-0.4, -0.2) is 24.5 Å². The highest BCUT2D eigenvalue weighted by Gasteiger charge is 2.22. The van der Waals surface area contributed by atoms with Gasteiger partial charge in [0.15, 0.2) is 17.5 Å². The average molecular weight is 886 g/mol. The highest BCUT2D eigenvalue weighted by Crippen LogP contribution is 2.45. The van der Waals surface area contributed by atoms with Crippen molar-refractivity contribution in [2.75, 3.05) is 0 Å². The number of para-hydroxylation sites is 2. The number of benzene rings is 9. The normalized spacial score (nSPS) is 11.5. The van der Waals surface area contributed by atoms with E-state index < -0.39 is 0 Å². The van der Waals surface area contributed by atoms with Crippen LogP contribution in [0.2, 0.25) is 0 Å². The minimum atomic E-state index is 0.551.